The lowest BCUT2D eigenvalue weighted by atomic mass is 9.87. The molecule has 0 spiro atoms. The van der Waals surface area contributed by atoms with Gasteiger partial charge in [0.2, 0.25) is 21.8 Å². The standard InChI is InChI=1S/C22H23Cl2N3O4S/c23-17-9-8-15(12-18(17)24)32(30,31)27-11-10-25-22(29)20(27)13-21(28)26-19-7-3-5-14-4-1-2-6-16(14)19/h1-2,4,6,8-9,12,19-20H,3,5,7,10-11,13H2,(H,25,29)(H,26,28)/t19-,20-/m1/s1. The number of hydrogen-bond donors (Lipinski definition) is 2. The molecule has 7 nitrogen and oxygen atoms in total. The summed E-state index contributed by atoms with van der Waals surface area (Å²) in [5, 5.41) is 5.98. The summed E-state index contributed by atoms with van der Waals surface area (Å²) in [6.07, 6.45) is 2.43. The molecule has 0 bridgehead atoms. The van der Waals surface area contributed by atoms with Gasteiger partial charge in [-0.2, -0.15) is 4.31 Å². The number of nitrogens with one attached hydrogen (secondary N) is 2. The minimum absolute atomic E-state index is 0.0541. The van der Waals surface area contributed by atoms with Crippen LogP contribution < -0.4 is 10.6 Å². The summed E-state index contributed by atoms with van der Waals surface area (Å²) in [5.41, 5.74) is 2.27. The maximum absolute atomic E-state index is 13.3. The fourth-order valence-electron chi connectivity index (χ4n) is 4.28. The maximum Gasteiger partial charge on any atom is 0.243 e. The lowest BCUT2D eigenvalue weighted by Crippen LogP contribution is -2.58. The molecule has 2 N–H and O–H groups in total. The van der Waals surface area contributed by atoms with E-state index in [1.165, 1.54) is 23.8 Å². The predicted octanol–water partition coefficient (Wildman–Crippen LogP) is 3.07. The van der Waals surface area contributed by atoms with Gasteiger partial charge in [-0.25, -0.2) is 8.42 Å². The van der Waals surface area contributed by atoms with E-state index >= 15 is 0 Å². The smallest absolute Gasteiger partial charge is 0.243 e. The Labute approximate surface area is 197 Å². The van der Waals surface area contributed by atoms with Crippen LogP contribution in [-0.2, 0) is 26.0 Å². The quantitative estimate of drug-likeness (QED) is 0.665. The van der Waals surface area contributed by atoms with Crippen molar-refractivity contribution in [3.8, 4) is 0 Å². The van der Waals surface area contributed by atoms with Gasteiger partial charge in [-0.3, -0.25) is 9.59 Å². The highest BCUT2D eigenvalue weighted by molar-refractivity contribution is 7.89. The first-order chi connectivity index (χ1) is 15.3. The van der Waals surface area contributed by atoms with Crippen LogP contribution in [0.1, 0.15) is 36.4 Å². The van der Waals surface area contributed by atoms with Gasteiger partial charge in [-0.15, -0.1) is 0 Å². The summed E-state index contributed by atoms with van der Waals surface area (Å²) in [4.78, 5) is 25.4. The van der Waals surface area contributed by atoms with Gasteiger partial charge in [0.25, 0.3) is 0 Å². The van der Waals surface area contributed by atoms with Gasteiger partial charge in [-0.05, 0) is 48.6 Å². The largest absolute Gasteiger partial charge is 0.353 e. The first kappa shape index (κ1) is 23.0. The first-order valence-electron chi connectivity index (χ1n) is 10.4. The highest BCUT2D eigenvalue weighted by atomic mass is 35.5. The van der Waals surface area contributed by atoms with Crippen molar-refractivity contribution in [2.45, 2.75) is 42.7 Å². The second-order valence-electron chi connectivity index (χ2n) is 7.91. The molecule has 0 radical (unpaired) electrons. The second kappa shape index (κ2) is 9.39. The number of amides is 2. The zero-order valence-corrected chi connectivity index (χ0v) is 19.5. The van der Waals surface area contributed by atoms with E-state index < -0.39 is 22.0 Å². The van der Waals surface area contributed by atoms with E-state index in [4.69, 9.17) is 23.2 Å². The number of sulfonamides is 1. The Balaban J connectivity index is 1.54. The number of nitrogens with zero attached hydrogens (tertiary/aromatic N) is 1. The first-order valence-corrected chi connectivity index (χ1v) is 12.6. The van der Waals surface area contributed by atoms with E-state index in [0.717, 1.165) is 29.1 Å². The molecule has 10 heteroatoms. The van der Waals surface area contributed by atoms with Crippen molar-refractivity contribution in [3.63, 3.8) is 0 Å². The van der Waals surface area contributed by atoms with Gasteiger partial charge >= 0.3 is 0 Å². The second-order valence-corrected chi connectivity index (χ2v) is 10.6. The van der Waals surface area contributed by atoms with Gasteiger partial charge in [0.15, 0.2) is 0 Å². The van der Waals surface area contributed by atoms with E-state index in [0.29, 0.717) is 0 Å². The van der Waals surface area contributed by atoms with Crippen LogP contribution in [0.2, 0.25) is 10.0 Å². The van der Waals surface area contributed by atoms with E-state index in [9.17, 15) is 18.0 Å². The zero-order valence-electron chi connectivity index (χ0n) is 17.2. The van der Waals surface area contributed by atoms with Crippen LogP contribution in [0.3, 0.4) is 0 Å². The van der Waals surface area contributed by atoms with Gasteiger partial charge in [0.05, 0.1) is 27.4 Å². The molecule has 4 rings (SSSR count). The molecular formula is C22H23Cl2N3O4S. The fraction of sp³-hybridized carbons (Fsp3) is 0.364. The topological polar surface area (TPSA) is 95.6 Å². The van der Waals surface area contributed by atoms with E-state index in [-0.39, 0.29) is 46.4 Å². The lowest BCUT2D eigenvalue weighted by Gasteiger charge is -2.34. The molecule has 2 aromatic carbocycles. The van der Waals surface area contributed by atoms with E-state index in [1.807, 2.05) is 24.3 Å². The Bertz CT molecular complexity index is 1160. The van der Waals surface area contributed by atoms with Crippen molar-refractivity contribution in [1.82, 2.24) is 14.9 Å². The highest BCUT2D eigenvalue weighted by Crippen LogP contribution is 2.31. The Kier molecular flexibility index (Phi) is 6.76. The fourth-order valence-corrected chi connectivity index (χ4v) is 6.26. The van der Waals surface area contributed by atoms with E-state index in [1.54, 1.807) is 0 Å². The molecule has 1 aliphatic heterocycles. The van der Waals surface area contributed by atoms with Gasteiger partial charge in [0, 0.05) is 13.1 Å². The van der Waals surface area contributed by atoms with Crippen molar-refractivity contribution in [2.24, 2.45) is 0 Å². The van der Waals surface area contributed by atoms with Crippen LogP contribution in [-0.4, -0.2) is 43.7 Å². The molecule has 1 heterocycles. The number of halogens is 2. The molecule has 170 valence electrons. The van der Waals surface area contributed by atoms with Crippen molar-refractivity contribution < 1.29 is 18.0 Å². The molecular weight excluding hydrogens is 473 g/mol. The molecule has 1 fully saturated rings. The molecule has 0 aromatic heterocycles. The average molecular weight is 496 g/mol. The lowest BCUT2D eigenvalue weighted by molar-refractivity contribution is -0.132. The number of benzene rings is 2. The molecule has 1 saturated heterocycles. The minimum Gasteiger partial charge on any atom is -0.353 e. The number of carbonyl (C=O) groups excluding carboxylic acids is 2. The molecule has 2 aliphatic rings. The number of fused-ring (bicyclic) bond motifs is 1. The molecule has 0 saturated carbocycles. The van der Waals surface area contributed by atoms with Crippen LogP contribution in [0.15, 0.2) is 47.4 Å². The monoisotopic (exact) mass is 495 g/mol. The van der Waals surface area contributed by atoms with Crippen LogP contribution in [0, 0.1) is 0 Å². The van der Waals surface area contributed by atoms with Gasteiger partial charge in [0.1, 0.15) is 6.04 Å². The van der Waals surface area contributed by atoms with Crippen LogP contribution in [0.5, 0.6) is 0 Å². The highest BCUT2D eigenvalue weighted by Gasteiger charge is 2.40. The Morgan fingerprint density at radius 1 is 1.16 bits per heavy atom. The SMILES string of the molecule is O=C(C[C@@H]1C(=O)NCCN1S(=O)(=O)c1ccc(Cl)c(Cl)c1)N[C@@H]1CCCc2ccccc21. The molecule has 2 amide bonds. The molecule has 0 unspecified atom stereocenters. The minimum atomic E-state index is -4.06. The third-order valence-electron chi connectivity index (χ3n) is 5.86. The summed E-state index contributed by atoms with van der Waals surface area (Å²) in [5.74, 6) is -0.873. The van der Waals surface area contributed by atoms with Gasteiger partial charge < -0.3 is 10.6 Å². The number of hydrogen-bond acceptors (Lipinski definition) is 4. The number of aryl methyl sites for hydroxylation is 1. The number of piperazine rings is 1. The summed E-state index contributed by atoms with van der Waals surface area (Å²) < 4.78 is 27.6. The van der Waals surface area contributed by atoms with Crippen LogP contribution in [0.4, 0.5) is 0 Å². The average Bonchev–Trinajstić information content (AvgIpc) is 2.77. The Hall–Kier alpha value is -2.13. The Morgan fingerprint density at radius 3 is 2.72 bits per heavy atom. The normalized spacial score (nSPS) is 21.5. The van der Waals surface area contributed by atoms with Crippen molar-refractivity contribution in [2.75, 3.05) is 13.1 Å². The number of carbonyl (C=O) groups is 2. The molecule has 32 heavy (non-hydrogen) atoms. The Morgan fingerprint density at radius 2 is 1.94 bits per heavy atom. The van der Waals surface area contributed by atoms with Crippen molar-refractivity contribution in [3.05, 3.63) is 63.6 Å². The number of rotatable bonds is 5. The molecule has 2 aromatic rings. The maximum atomic E-state index is 13.3. The van der Waals surface area contributed by atoms with Gasteiger partial charge in [-0.1, -0.05) is 47.5 Å². The van der Waals surface area contributed by atoms with Crippen molar-refractivity contribution >= 4 is 45.0 Å². The van der Waals surface area contributed by atoms with Crippen LogP contribution >= 0.6 is 23.2 Å². The predicted molar refractivity (Wildman–Crippen MR) is 122 cm³/mol. The van der Waals surface area contributed by atoms with E-state index in [2.05, 4.69) is 10.6 Å². The van der Waals surface area contributed by atoms with Crippen LogP contribution in [0.25, 0.3) is 0 Å². The summed E-state index contributed by atoms with van der Waals surface area (Å²) in [6.45, 7) is 0.214. The third-order valence-corrected chi connectivity index (χ3v) is 8.51. The molecule has 1 aliphatic carbocycles. The summed E-state index contributed by atoms with van der Waals surface area (Å²) >= 11 is 11.9. The van der Waals surface area contributed by atoms with Crippen molar-refractivity contribution in [1.29, 1.82) is 0 Å². The summed E-state index contributed by atoms with van der Waals surface area (Å²) in [7, 11) is -4.06. The molecule has 2 atom stereocenters. The zero-order chi connectivity index (χ0) is 22.9. The third kappa shape index (κ3) is 4.64. The summed E-state index contributed by atoms with van der Waals surface area (Å²) in [6, 6.07) is 10.6.